The molecule has 0 amide bonds. The lowest BCUT2D eigenvalue weighted by atomic mass is 9.78. The molecule has 2 aliphatic rings. The summed E-state index contributed by atoms with van der Waals surface area (Å²) in [4.78, 5) is 0. The highest BCUT2D eigenvalue weighted by molar-refractivity contribution is 6.30. The van der Waals surface area contributed by atoms with E-state index < -0.39 is 0 Å². The predicted octanol–water partition coefficient (Wildman–Crippen LogP) is 3.89. The normalized spacial score (nSPS) is 26.1. The zero-order valence-electron chi connectivity index (χ0n) is 12.7. The number of benzene rings is 1. The monoisotopic (exact) mass is 308 g/mol. The van der Waals surface area contributed by atoms with Crippen molar-refractivity contribution in [1.29, 1.82) is 0 Å². The van der Waals surface area contributed by atoms with Gasteiger partial charge in [0.25, 0.3) is 0 Å². The molecule has 0 radical (unpaired) electrons. The van der Waals surface area contributed by atoms with Crippen molar-refractivity contribution >= 4 is 11.6 Å². The molecule has 3 nitrogen and oxygen atoms in total. The molecule has 2 atom stereocenters. The Morgan fingerprint density at radius 1 is 1.38 bits per heavy atom. The summed E-state index contributed by atoms with van der Waals surface area (Å²) >= 11 is 6.08. The van der Waals surface area contributed by atoms with Crippen LogP contribution in [0.25, 0.3) is 0 Å². The van der Waals surface area contributed by atoms with Gasteiger partial charge in [-0.1, -0.05) is 30.5 Å². The van der Waals surface area contributed by atoms with Gasteiger partial charge in [0.05, 0.1) is 5.60 Å². The number of hydrogen-bond acceptors (Lipinski definition) is 3. The van der Waals surface area contributed by atoms with Gasteiger partial charge in [0.1, 0.15) is 0 Å². The maximum Gasteiger partial charge on any atom is 0.0686 e. The topological polar surface area (TPSA) is 47.3 Å². The van der Waals surface area contributed by atoms with Crippen LogP contribution in [0.2, 0.25) is 5.02 Å². The first-order valence-electron chi connectivity index (χ1n) is 8.00. The van der Waals surface area contributed by atoms with E-state index in [1.807, 2.05) is 12.1 Å². The lowest BCUT2D eigenvalue weighted by molar-refractivity contribution is -0.0982. The molecule has 1 aromatic rings. The van der Waals surface area contributed by atoms with Crippen molar-refractivity contribution in [2.24, 2.45) is 11.8 Å². The Hall–Kier alpha value is -0.610. The van der Waals surface area contributed by atoms with E-state index in [9.17, 15) is 0 Å². The third kappa shape index (κ3) is 3.11. The lowest BCUT2D eigenvalue weighted by Gasteiger charge is -2.41. The van der Waals surface area contributed by atoms with Crippen molar-refractivity contribution in [1.82, 2.24) is 5.43 Å². The molecule has 1 aliphatic carbocycles. The molecule has 1 saturated heterocycles. The van der Waals surface area contributed by atoms with Gasteiger partial charge in [-0.2, -0.15) is 0 Å². The summed E-state index contributed by atoms with van der Waals surface area (Å²) in [7, 11) is 0. The minimum Gasteiger partial charge on any atom is -0.375 e. The fraction of sp³-hybridized carbons (Fsp3) is 0.647. The van der Waals surface area contributed by atoms with Crippen LogP contribution in [0, 0.1) is 12.8 Å². The number of nitrogens with one attached hydrogen (secondary N) is 1. The van der Waals surface area contributed by atoms with Crippen LogP contribution in [0.5, 0.6) is 0 Å². The number of hydrazine groups is 1. The highest BCUT2D eigenvalue weighted by Gasteiger charge is 2.42. The van der Waals surface area contributed by atoms with E-state index in [4.69, 9.17) is 22.2 Å². The molecular weight excluding hydrogens is 284 g/mol. The van der Waals surface area contributed by atoms with E-state index in [0.717, 1.165) is 24.5 Å². The summed E-state index contributed by atoms with van der Waals surface area (Å²) in [5, 5.41) is 0.784. The van der Waals surface area contributed by atoms with Crippen molar-refractivity contribution < 1.29 is 4.74 Å². The Morgan fingerprint density at radius 2 is 2.14 bits per heavy atom. The second kappa shape index (κ2) is 6.25. The molecule has 0 aromatic heterocycles. The summed E-state index contributed by atoms with van der Waals surface area (Å²) in [6, 6.07) is 6.27. The quantitative estimate of drug-likeness (QED) is 0.658. The van der Waals surface area contributed by atoms with E-state index in [1.54, 1.807) is 0 Å². The highest BCUT2D eigenvalue weighted by atomic mass is 35.5. The van der Waals surface area contributed by atoms with Gasteiger partial charge < -0.3 is 4.74 Å². The van der Waals surface area contributed by atoms with Crippen molar-refractivity contribution in [3.63, 3.8) is 0 Å². The van der Waals surface area contributed by atoms with Crippen LogP contribution in [-0.4, -0.2) is 12.2 Å². The minimum absolute atomic E-state index is 0.123. The maximum atomic E-state index is 6.15. The van der Waals surface area contributed by atoms with Crippen LogP contribution in [0.3, 0.4) is 0 Å². The molecule has 1 aromatic carbocycles. The number of ether oxygens (including phenoxy) is 1. The average Bonchev–Trinajstić information content (AvgIpc) is 2.90. The first-order chi connectivity index (χ1) is 10.1. The van der Waals surface area contributed by atoms with Crippen molar-refractivity contribution in [2.45, 2.75) is 57.1 Å². The molecule has 1 spiro atoms. The van der Waals surface area contributed by atoms with E-state index in [1.165, 1.54) is 36.8 Å². The zero-order chi connectivity index (χ0) is 14.9. The van der Waals surface area contributed by atoms with Gasteiger partial charge in [-0.3, -0.25) is 11.3 Å². The highest BCUT2D eigenvalue weighted by Crippen LogP contribution is 2.45. The van der Waals surface area contributed by atoms with Gasteiger partial charge in [-0.25, -0.2) is 0 Å². The second-order valence-corrected chi connectivity index (χ2v) is 7.07. The first kappa shape index (κ1) is 15.3. The summed E-state index contributed by atoms with van der Waals surface area (Å²) in [6.45, 7) is 2.96. The molecule has 3 N–H and O–H groups in total. The van der Waals surface area contributed by atoms with Crippen molar-refractivity contribution in [2.75, 3.05) is 6.61 Å². The Kier molecular flexibility index (Phi) is 4.55. The number of nitrogens with two attached hydrogens (primary N) is 1. The minimum atomic E-state index is 0.123. The third-order valence-corrected chi connectivity index (χ3v) is 5.50. The standard InChI is InChI=1S/C17H25ClN2O/c1-12-10-14(18)4-5-15(12)16(20-19)13-6-9-21-17(11-13)7-2-3-8-17/h4-5,10,13,16,20H,2-3,6-9,11,19H2,1H3. The van der Waals surface area contributed by atoms with Gasteiger partial charge in [0.2, 0.25) is 0 Å². The molecule has 0 bridgehead atoms. The van der Waals surface area contributed by atoms with Gasteiger partial charge >= 0.3 is 0 Å². The average molecular weight is 309 g/mol. The molecule has 2 fully saturated rings. The summed E-state index contributed by atoms with van der Waals surface area (Å²) in [5.74, 6) is 6.44. The predicted molar refractivity (Wildman–Crippen MR) is 86.1 cm³/mol. The maximum absolute atomic E-state index is 6.15. The van der Waals surface area contributed by atoms with Crippen LogP contribution in [0.15, 0.2) is 18.2 Å². The molecule has 1 saturated carbocycles. The molecule has 116 valence electrons. The molecule has 2 unspecified atom stereocenters. The molecule has 3 rings (SSSR count). The summed E-state index contributed by atoms with van der Waals surface area (Å²) in [6.07, 6.45) is 7.20. The largest absolute Gasteiger partial charge is 0.375 e. The first-order valence-corrected chi connectivity index (χ1v) is 8.37. The van der Waals surface area contributed by atoms with Crippen LogP contribution in [-0.2, 0) is 4.74 Å². The van der Waals surface area contributed by atoms with E-state index in [-0.39, 0.29) is 11.6 Å². The molecule has 1 aliphatic heterocycles. The van der Waals surface area contributed by atoms with Crippen molar-refractivity contribution in [3.05, 3.63) is 34.3 Å². The lowest BCUT2D eigenvalue weighted by Crippen LogP contribution is -2.43. The summed E-state index contributed by atoms with van der Waals surface area (Å²) < 4.78 is 6.15. The Labute approximate surface area is 132 Å². The van der Waals surface area contributed by atoms with Crippen LogP contribution < -0.4 is 11.3 Å². The fourth-order valence-corrected chi connectivity index (χ4v) is 4.41. The smallest absolute Gasteiger partial charge is 0.0686 e. The number of hydrogen-bond donors (Lipinski definition) is 2. The molecule has 21 heavy (non-hydrogen) atoms. The molecule has 1 heterocycles. The Morgan fingerprint density at radius 3 is 2.81 bits per heavy atom. The van der Waals surface area contributed by atoms with E-state index in [0.29, 0.717) is 5.92 Å². The fourth-order valence-electron chi connectivity index (χ4n) is 4.19. The number of aryl methyl sites for hydroxylation is 1. The van der Waals surface area contributed by atoms with Crippen LogP contribution in [0.1, 0.15) is 55.7 Å². The van der Waals surface area contributed by atoms with E-state index in [2.05, 4.69) is 18.4 Å². The van der Waals surface area contributed by atoms with Gasteiger partial charge in [0.15, 0.2) is 0 Å². The van der Waals surface area contributed by atoms with Crippen LogP contribution >= 0.6 is 11.6 Å². The SMILES string of the molecule is Cc1cc(Cl)ccc1C(NN)C1CCOC2(CCCC2)C1. The Bertz CT molecular complexity index is 500. The van der Waals surface area contributed by atoms with Gasteiger partial charge in [-0.15, -0.1) is 0 Å². The van der Waals surface area contributed by atoms with Crippen LogP contribution in [0.4, 0.5) is 0 Å². The van der Waals surface area contributed by atoms with E-state index >= 15 is 0 Å². The zero-order valence-corrected chi connectivity index (χ0v) is 13.5. The molecular formula is C17H25ClN2O. The molecule has 4 heteroatoms. The number of rotatable bonds is 3. The number of halogens is 1. The van der Waals surface area contributed by atoms with Gasteiger partial charge in [-0.05, 0) is 61.8 Å². The second-order valence-electron chi connectivity index (χ2n) is 6.64. The third-order valence-electron chi connectivity index (χ3n) is 5.26. The summed E-state index contributed by atoms with van der Waals surface area (Å²) in [5.41, 5.74) is 5.65. The van der Waals surface area contributed by atoms with Crippen molar-refractivity contribution in [3.8, 4) is 0 Å². The van der Waals surface area contributed by atoms with Gasteiger partial charge in [0, 0.05) is 17.7 Å². The Balaban J connectivity index is 1.82.